The second-order valence-corrected chi connectivity index (χ2v) is 4.61. The van der Waals surface area contributed by atoms with E-state index in [9.17, 15) is 13.6 Å². The molecule has 0 aromatic rings. The largest absolute Gasteiger partial charge is 0.481 e. The van der Waals surface area contributed by atoms with Gasteiger partial charge < -0.3 is 5.11 Å². The molecular weight excluding hydrogens is 190 g/mol. The molecule has 2 atom stereocenters. The number of rotatable bonds is 1. The molecule has 0 bridgehead atoms. The number of hydrogen-bond donors (Lipinski definition) is 1. The fourth-order valence-electron chi connectivity index (χ4n) is 3.03. The minimum atomic E-state index is -2.63. The molecule has 2 aliphatic carbocycles. The van der Waals surface area contributed by atoms with Crippen LogP contribution >= 0.6 is 0 Å². The summed E-state index contributed by atoms with van der Waals surface area (Å²) in [6.45, 7) is 0. The van der Waals surface area contributed by atoms with Crippen LogP contribution in [0.3, 0.4) is 0 Å². The molecule has 0 amide bonds. The van der Waals surface area contributed by atoms with Crippen molar-refractivity contribution in [2.24, 2.45) is 11.3 Å². The Morgan fingerprint density at radius 2 is 2.00 bits per heavy atom. The van der Waals surface area contributed by atoms with Gasteiger partial charge in [-0.2, -0.15) is 0 Å². The van der Waals surface area contributed by atoms with Gasteiger partial charge in [0.25, 0.3) is 0 Å². The highest BCUT2D eigenvalue weighted by molar-refractivity contribution is 5.75. The second-order valence-electron chi connectivity index (χ2n) is 4.61. The minimum Gasteiger partial charge on any atom is -0.481 e. The molecule has 2 fully saturated rings. The SMILES string of the molecule is O=C(O)C12CCCC1CC(F)(F)CC2. The number of halogens is 2. The predicted octanol–water partition coefficient (Wildman–Crippen LogP) is 2.68. The van der Waals surface area contributed by atoms with Gasteiger partial charge in [0.1, 0.15) is 0 Å². The van der Waals surface area contributed by atoms with Crippen molar-refractivity contribution < 1.29 is 18.7 Å². The van der Waals surface area contributed by atoms with E-state index in [4.69, 9.17) is 5.11 Å². The fourth-order valence-corrected chi connectivity index (χ4v) is 3.03. The quantitative estimate of drug-likeness (QED) is 0.713. The van der Waals surface area contributed by atoms with Crippen molar-refractivity contribution in [2.45, 2.75) is 44.4 Å². The average molecular weight is 204 g/mol. The molecule has 0 aromatic carbocycles. The summed E-state index contributed by atoms with van der Waals surface area (Å²) < 4.78 is 26.2. The molecular formula is C10H14F2O2. The van der Waals surface area contributed by atoms with Crippen LogP contribution in [0.5, 0.6) is 0 Å². The molecule has 0 aromatic heterocycles. The summed E-state index contributed by atoms with van der Waals surface area (Å²) in [6, 6.07) is 0. The summed E-state index contributed by atoms with van der Waals surface area (Å²) in [5.74, 6) is -3.80. The number of fused-ring (bicyclic) bond motifs is 1. The van der Waals surface area contributed by atoms with Gasteiger partial charge in [-0.15, -0.1) is 0 Å². The molecule has 80 valence electrons. The van der Waals surface area contributed by atoms with Crippen molar-refractivity contribution in [2.75, 3.05) is 0 Å². The summed E-state index contributed by atoms with van der Waals surface area (Å²) in [7, 11) is 0. The van der Waals surface area contributed by atoms with Crippen LogP contribution < -0.4 is 0 Å². The standard InChI is InChI=1S/C10H14F2O2/c11-10(12)5-4-9(8(13)14)3-1-2-7(9)6-10/h7H,1-6H2,(H,13,14). The van der Waals surface area contributed by atoms with Crippen LogP contribution in [0.4, 0.5) is 8.78 Å². The van der Waals surface area contributed by atoms with Gasteiger partial charge in [0, 0.05) is 12.8 Å². The van der Waals surface area contributed by atoms with E-state index in [1.165, 1.54) is 0 Å². The van der Waals surface area contributed by atoms with E-state index in [0.29, 0.717) is 12.8 Å². The summed E-state index contributed by atoms with van der Waals surface area (Å²) in [5.41, 5.74) is -0.818. The number of carbonyl (C=O) groups is 1. The van der Waals surface area contributed by atoms with Gasteiger partial charge >= 0.3 is 5.97 Å². The van der Waals surface area contributed by atoms with Gasteiger partial charge in [-0.05, 0) is 25.2 Å². The number of carboxylic acid groups (broad SMARTS) is 1. The fraction of sp³-hybridized carbons (Fsp3) is 0.900. The van der Waals surface area contributed by atoms with Crippen molar-refractivity contribution in [3.05, 3.63) is 0 Å². The molecule has 2 saturated carbocycles. The molecule has 0 spiro atoms. The Hall–Kier alpha value is -0.670. The van der Waals surface area contributed by atoms with Crippen molar-refractivity contribution in [3.63, 3.8) is 0 Å². The lowest BCUT2D eigenvalue weighted by molar-refractivity contribution is -0.162. The first-order valence-electron chi connectivity index (χ1n) is 5.08. The number of alkyl halides is 2. The first kappa shape index (κ1) is 9.87. The number of hydrogen-bond acceptors (Lipinski definition) is 1. The van der Waals surface area contributed by atoms with E-state index in [1.807, 2.05) is 0 Å². The maximum Gasteiger partial charge on any atom is 0.309 e. The lowest BCUT2D eigenvalue weighted by atomic mass is 9.67. The average Bonchev–Trinajstić information content (AvgIpc) is 2.46. The second kappa shape index (κ2) is 2.91. The van der Waals surface area contributed by atoms with Crippen LogP contribution in [0.2, 0.25) is 0 Å². The van der Waals surface area contributed by atoms with Gasteiger partial charge in [0.05, 0.1) is 5.41 Å². The molecule has 14 heavy (non-hydrogen) atoms. The smallest absolute Gasteiger partial charge is 0.309 e. The van der Waals surface area contributed by atoms with Crippen LogP contribution in [-0.4, -0.2) is 17.0 Å². The zero-order chi connectivity index (χ0) is 10.4. The summed E-state index contributed by atoms with van der Waals surface area (Å²) in [5, 5.41) is 9.12. The van der Waals surface area contributed by atoms with Crippen LogP contribution in [-0.2, 0) is 4.79 Å². The van der Waals surface area contributed by atoms with Gasteiger partial charge in [-0.3, -0.25) is 4.79 Å². The molecule has 1 N–H and O–H groups in total. The van der Waals surface area contributed by atoms with E-state index in [1.54, 1.807) is 0 Å². The maximum absolute atomic E-state index is 13.1. The first-order valence-corrected chi connectivity index (χ1v) is 5.08. The van der Waals surface area contributed by atoms with Crippen molar-refractivity contribution >= 4 is 5.97 Å². The zero-order valence-corrected chi connectivity index (χ0v) is 7.93. The van der Waals surface area contributed by atoms with Gasteiger partial charge in [0.2, 0.25) is 5.92 Å². The highest BCUT2D eigenvalue weighted by Gasteiger charge is 2.56. The van der Waals surface area contributed by atoms with E-state index in [2.05, 4.69) is 0 Å². The van der Waals surface area contributed by atoms with Crippen LogP contribution in [0.15, 0.2) is 0 Å². The molecule has 2 rings (SSSR count). The van der Waals surface area contributed by atoms with Crippen LogP contribution in [0.25, 0.3) is 0 Å². The maximum atomic E-state index is 13.1. The molecule has 2 aliphatic rings. The van der Waals surface area contributed by atoms with E-state index in [0.717, 1.165) is 6.42 Å². The minimum absolute atomic E-state index is 0.153. The Morgan fingerprint density at radius 3 is 2.64 bits per heavy atom. The lowest BCUT2D eigenvalue weighted by Gasteiger charge is -2.39. The third kappa shape index (κ3) is 1.31. The summed E-state index contributed by atoms with van der Waals surface area (Å²) in [4.78, 5) is 11.1. The monoisotopic (exact) mass is 204 g/mol. The molecule has 2 nitrogen and oxygen atoms in total. The predicted molar refractivity (Wildman–Crippen MR) is 46.2 cm³/mol. The topological polar surface area (TPSA) is 37.3 Å². The molecule has 0 saturated heterocycles. The number of aliphatic carboxylic acids is 1. The van der Waals surface area contributed by atoms with Crippen molar-refractivity contribution in [1.29, 1.82) is 0 Å². The molecule has 0 aliphatic heterocycles. The third-order valence-electron chi connectivity index (χ3n) is 3.86. The van der Waals surface area contributed by atoms with Gasteiger partial charge in [-0.25, -0.2) is 8.78 Å². The molecule has 0 radical (unpaired) electrons. The Morgan fingerprint density at radius 1 is 1.29 bits per heavy atom. The van der Waals surface area contributed by atoms with Crippen LogP contribution in [0, 0.1) is 11.3 Å². The van der Waals surface area contributed by atoms with Gasteiger partial charge in [0.15, 0.2) is 0 Å². The third-order valence-corrected chi connectivity index (χ3v) is 3.86. The summed E-state index contributed by atoms with van der Waals surface area (Å²) in [6.07, 6.45) is 1.70. The molecule has 0 heterocycles. The Labute approximate surface area is 81.3 Å². The van der Waals surface area contributed by atoms with E-state index < -0.39 is 17.3 Å². The summed E-state index contributed by atoms with van der Waals surface area (Å²) >= 11 is 0. The Balaban J connectivity index is 2.23. The zero-order valence-electron chi connectivity index (χ0n) is 7.93. The van der Waals surface area contributed by atoms with Crippen LogP contribution in [0.1, 0.15) is 38.5 Å². The van der Waals surface area contributed by atoms with Crippen molar-refractivity contribution in [3.8, 4) is 0 Å². The lowest BCUT2D eigenvalue weighted by Crippen LogP contribution is -2.43. The molecule has 2 unspecified atom stereocenters. The highest BCUT2D eigenvalue weighted by Crippen LogP contribution is 2.56. The van der Waals surface area contributed by atoms with E-state index in [-0.39, 0.29) is 25.2 Å². The molecule has 4 heteroatoms. The van der Waals surface area contributed by atoms with Crippen molar-refractivity contribution in [1.82, 2.24) is 0 Å². The van der Waals surface area contributed by atoms with Gasteiger partial charge in [-0.1, -0.05) is 6.42 Å². The Bertz CT molecular complexity index is 265. The Kier molecular flexibility index (Phi) is 2.05. The first-order chi connectivity index (χ1) is 6.46. The number of carboxylic acids is 1. The van der Waals surface area contributed by atoms with E-state index >= 15 is 0 Å². The normalized spacial score (nSPS) is 40.6. The highest BCUT2D eigenvalue weighted by atomic mass is 19.3.